The van der Waals surface area contributed by atoms with Crippen molar-refractivity contribution in [2.75, 3.05) is 0 Å². The third-order valence-electron chi connectivity index (χ3n) is 7.30. The minimum atomic E-state index is 0.0677. The SMILES string of the molecule is O=C1C(=Cc2cc(Br)ccc2OCc2ccc(Cl)cc2Cl)SC(=NC2CCCCC2)N1C1CCCCC1. The predicted molar refractivity (Wildman–Crippen MR) is 159 cm³/mol. The van der Waals surface area contributed by atoms with Crippen LogP contribution >= 0.6 is 50.9 Å². The van der Waals surface area contributed by atoms with Crippen molar-refractivity contribution in [1.29, 1.82) is 0 Å². The summed E-state index contributed by atoms with van der Waals surface area (Å²) in [6.45, 7) is 0.303. The summed E-state index contributed by atoms with van der Waals surface area (Å²) in [4.78, 5) is 21.6. The minimum absolute atomic E-state index is 0.0677. The van der Waals surface area contributed by atoms with Crippen LogP contribution in [0.1, 0.15) is 75.3 Å². The van der Waals surface area contributed by atoms with Crippen LogP contribution in [0.15, 0.2) is 50.8 Å². The van der Waals surface area contributed by atoms with Crippen LogP contribution in [0.4, 0.5) is 0 Å². The molecule has 2 aromatic carbocycles. The third-order valence-corrected chi connectivity index (χ3v) is 9.38. The molecule has 1 heterocycles. The van der Waals surface area contributed by atoms with E-state index in [-0.39, 0.29) is 11.9 Å². The smallest absolute Gasteiger partial charge is 0.267 e. The lowest BCUT2D eigenvalue weighted by Gasteiger charge is -2.31. The first kappa shape index (κ1) is 27.1. The second kappa shape index (κ2) is 12.6. The van der Waals surface area contributed by atoms with Crippen molar-refractivity contribution in [3.05, 3.63) is 66.9 Å². The normalized spacial score (nSPS) is 21.8. The van der Waals surface area contributed by atoms with Gasteiger partial charge < -0.3 is 4.74 Å². The van der Waals surface area contributed by atoms with Gasteiger partial charge in [-0.05, 0) is 73.9 Å². The summed E-state index contributed by atoms with van der Waals surface area (Å²) in [6.07, 6.45) is 13.6. The molecule has 196 valence electrons. The standard InChI is InChI=1S/C29H31BrCl2N2O2S/c30-21-12-14-26(36-18-19-11-13-22(31)17-25(19)32)20(15-21)16-27-28(35)34(24-9-5-2-6-10-24)29(37-27)33-23-7-3-1-4-8-23/h11-17,23-24H,1-10,18H2. The van der Waals surface area contributed by atoms with E-state index in [1.54, 1.807) is 12.1 Å². The molecule has 37 heavy (non-hydrogen) atoms. The summed E-state index contributed by atoms with van der Waals surface area (Å²) in [5.41, 5.74) is 1.70. The molecule has 0 spiro atoms. The van der Waals surface area contributed by atoms with Crippen molar-refractivity contribution >= 4 is 68.0 Å². The van der Waals surface area contributed by atoms with E-state index in [1.807, 2.05) is 35.2 Å². The highest BCUT2D eigenvalue weighted by atomic mass is 79.9. The highest BCUT2D eigenvalue weighted by molar-refractivity contribution is 9.10. The molecular weight excluding hydrogens is 591 g/mol. The van der Waals surface area contributed by atoms with Crippen molar-refractivity contribution in [1.82, 2.24) is 4.90 Å². The maximum absolute atomic E-state index is 13.8. The summed E-state index contributed by atoms with van der Waals surface area (Å²) in [7, 11) is 0. The topological polar surface area (TPSA) is 41.9 Å². The molecular formula is C29H31BrCl2N2O2S. The van der Waals surface area contributed by atoms with Gasteiger partial charge >= 0.3 is 0 Å². The van der Waals surface area contributed by atoms with Gasteiger partial charge in [-0.1, -0.05) is 83.7 Å². The lowest BCUT2D eigenvalue weighted by molar-refractivity contribution is -0.124. The molecule has 8 heteroatoms. The maximum atomic E-state index is 13.8. The quantitative estimate of drug-likeness (QED) is 0.302. The molecule has 0 N–H and O–H groups in total. The molecule has 0 radical (unpaired) electrons. The van der Waals surface area contributed by atoms with Crippen molar-refractivity contribution < 1.29 is 9.53 Å². The second-order valence-electron chi connectivity index (χ2n) is 9.99. The van der Waals surface area contributed by atoms with E-state index >= 15 is 0 Å². The first-order chi connectivity index (χ1) is 18.0. The van der Waals surface area contributed by atoms with Gasteiger partial charge in [0.05, 0.1) is 10.9 Å². The van der Waals surface area contributed by atoms with Gasteiger partial charge in [0.25, 0.3) is 5.91 Å². The number of thioether (sulfide) groups is 1. The molecule has 0 unspecified atom stereocenters. The number of amides is 1. The molecule has 2 saturated carbocycles. The van der Waals surface area contributed by atoms with Gasteiger partial charge in [0.2, 0.25) is 0 Å². The number of amidine groups is 1. The average Bonchev–Trinajstić information content (AvgIpc) is 3.19. The summed E-state index contributed by atoms with van der Waals surface area (Å²) in [5.74, 6) is 0.759. The van der Waals surface area contributed by atoms with Gasteiger partial charge in [-0.25, -0.2) is 0 Å². The first-order valence-electron chi connectivity index (χ1n) is 13.1. The number of halogens is 3. The molecule has 1 saturated heterocycles. The van der Waals surface area contributed by atoms with Gasteiger partial charge in [0, 0.05) is 31.7 Å². The Hall–Kier alpha value is -1.47. The number of hydrogen-bond donors (Lipinski definition) is 0. The number of rotatable bonds is 6. The maximum Gasteiger partial charge on any atom is 0.267 e. The molecule has 2 aliphatic carbocycles. The molecule has 1 amide bonds. The summed E-state index contributed by atoms with van der Waals surface area (Å²) < 4.78 is 7.10. The van der Waals surface area contributed by atoms with E-state index in [0.717, 1.165) is 46.5 Å². The number of carbonyl (C=O) groups is 1. The van der Waals surface area contributed by atoms with E-state index in [0.29, 0.717) is 33.3 Å². The van der Waals surface area contributed by atoms with E-state index in [1.165, 1.54) is 50.3 Å². The molecule has 0 aromatic heterocycles. The van der Waals surface area contributed by atoms with E-state index in [2.05, 4.69) is 15.9 Å². The number of aliphatic imine (C=N–C) groups is 1. The van der Waals surface area contributed by atoms with Crippen LogP contribution in [0.25, 0.3) is 6.08 Å². The molecule has 4 nitrogen and oxygen atoms in total. The first-order valence-corrected chi connectivity index (χ1v) is 15.5. The summed E-state index contributed by atoms with van der Waals surface area (Å²) in [6, 6.07) is 11.8. The summed E-state index contributed by atoms with van der Waals surface area (Å²) >= 11 is 17.5. The highest BCUT2D eigenvalue weighted by Gasteiger charge is 2.39. The van der Waals surface area contributed by atoms with E-state index in [9.17, 15) is 4.79 Å². The monoisotopic (exact) mass is 620 g/mol. The second-order valence-corrected chi connectivity index (χ2v) is 12.8. The van der Waals surface area contributed by atoms with Gasteiger partial charge in [0.15, 0.2) is 5.17 Å². The lowest BCUT2D eigenvalue weighted by Crippen LogP contribution is -2.41. The molecule has 0 bridgehead atoms. The number of carbonyl (C=O) groups excluding carboxylic acids is 1. The highest BCUT2D eigenvalue weighted by Crippen LogP contribution is 2.40. The van der Waals surface area contributed by atoms with Crippen LogP contribution in [0.3, 0.4) is 0 Å². The Balaban J connectivity index is 1.42. The van der Waals surface area contributed by atoms with Crippen LogP contribution in [-0.4, -0.2) is 28.1 Å². The Labute approximate surface area is 242 Å². The van der Waals surface area contributed by atoms with E-state index < -0.39 is 0 Å². The van der Waals surface area contributed by atoms with Gasteiger partial charge in [-0.2, -0.15) is 0 Å². The Kier molecular flexibility index (Phi) is 9.22. The summed E-state index contributed by atoms with van der Waals surface area (Å²) in [5, 5.41) is 2.05. The zero-order chi connectivity index (χ0) is 25.8. The number of hydrogen-bond acceptors (Lipinski definition) is 4. The zero-order valence-corrected chi connectivity index (χ0v) is 24.6. The van der Waals surface area contributed by atoms with Crippen molar-refractivity contribution in [3.8, 4) is 5.75 Å². The fourth-order valence-corrected chi connectivity index (χ4v) is 7.25. The number of ether oxygens (including phenoxy) is 1. The Morgan fingerprint density at radius 3 is 2.46 bits per heavy atom. The third kappa shape index (κ3) is 6.76. The van der Waals surface area contributed by atoms with Crippen LogP contribution in [0.5, 0.6) is 5.75 Å². The Morgan fingerprint density at radius 2 is 1.73 bits per heavy atom. The molecule has 1 aliphatic heterocycles. The van der Waals surface area contributed by atoms with Crippen molar-refractivity contribution in [2.24, 2.45) is 4.99 Å². The molecule has 5 rings (SSSR count). The predicted octanol–water partition coefficient (Wildman–Crippen LogP) is 9.27. The van der Waals surface area contributed by atoms with Crippen LogP contribution < -0.4 is 4.74 Å². The van der Waals surface area contributed by atoms with E-state index in [4.69, 9.17) is 32.9 Å². The number of nitrogens with zero attached hydrogens (tertiary/aromatic N) is 2. The molecule has 3 aliphatic rings. The van der Waals surface area contributed by atoms with Gasteiger partial charge in [-0.15, -0.1) is 0 Å². The Morgan fingerprint density at radius 1 is 1.00 bits per heavy atom. The fraction of sp³-hybridized carbons (Fsp3) is 0.448. The van der Waals surface area contributed by atoms with Crippen molar-refractivity contribution in [2.45, 2.75) is 82.9 Å². The largest absolute Gasteiger partial charge is 0.488 e. The Bertz CT molecular complexity index is 1210. The van der Waals surface area contributed by atoms with Crippen molar-refractivity contribution in [3.63, 3.8) is 0 Å². The fourth-order valence-electron chi connectivity index (χ4n) is 5.30. The van der Waals surface area contributed by atoms with Gasteiger partial charge in [0.1, 0.15) is 12.4 Å². The average molecular weight is 622 g/mol. The van der Waals surface area contributed by atoms with Crippen LogP contribution in [-0.2, 0) is 11.4 Å². The minimum Gasteiger partial charge on any atom is -0.488 e. The van der Waals surface area contributed by atoms with Crippen LogP contribution in [0, 0.1) is 0 Å². The molecule has 3 fully saturated rings. The number of benzene rings is 2. The zero-order valence-electron chi connectivity index (χ0n) is 20.7. The van der Waals surface area contributed by atoms with Gasteiger partial charge in [-0.3, -0.25) is 14.7 Å². The van der Waals surface area contributed by atoms with Crippen LogP contribution in [0.2, 0.25) is 10.0 Å². The molecule has 2 aromatic rings. The lowest BCUT2D eigenvalue weighted by atomic mass is 9.94. The molecule has 0 atom stereocenters.